The third kappa shape index (κ3) is 27.0. The monoisotopic (exact) mass is 432 g/mol. The van der Waals surface area contributed by atoms with Gasteiger partial charge in [0.05, 0.1) is 6.54 Å². The van der Waals surface area contributed by atoms with Crippen LogP contribution in [0.15, 0.2) is 0 Å². The topological polar surface area (TPSA) is 170 Å². The van der Waals surface area contributed by atoms with Crippen LogP contribution in [0.5, 0.6) is 0 Å². The number of hydrogen-bond acceptors (Lipinski definition) is 8. The quantitative estimate of drug-likeness (QED) is 0.171. The zero-order chi connectivity index (χ0) is 14.8. The Labute approximate surface area is 147 Å². The third-order valence-electron chi connectivity index (χ3n) is 1.32. The smallest absolute Gasteiger partial charge is 0.391 e. The van der Waals surface area contributed by atoms with Crippen LogP contribution in [-0.4, -0.2) is 54.1 Å². The second-order valence-electron chi connectivity index (χ2n) is 2.83. The van der Waals surface area contributed by atoms with E-state index in [0.29, 0.717) is 6.42 Å². The molecule has 20 heavy (non-hydrogen) atoms. The van der Waals surface area contributed by atoms with E-state index >= 15 is 0 Å². The van der Waals surface area contributed by atoms with Crippen molar-refractivity contribution in [1.82, 2.24) is 0 Å². The van der Waals surface area contributed by atoms with Gasteiger partial charge in [-0.25, -0.2) is 4.79 Å². The van der Waals surface area contributed by atoms with Crippen LogP contribution >= 0.6 is 11.8 Å². The van der Waals surface area contributed by atoms with E-state index in [2.05, 4.69) is 4.74 Å². The van der Waals surface area contributed by atoms with Gasteiger partial charge in [0.15, 0.2) is 0 Å². The predicted octanol–water partition coefficient (Wildman–Crippen LogP) is -1.56. The molecule has 0 aromatic carbocycles. The maximum Gasteiger partial charge on any atom is 0.394 e. The van der Waals surface area contributed by atoms with Crippen molar-refractivity contribution < 1.29 is 70.8 Å². The molecule has 0 saturated heterocycles. The van der Waals surface area contributed by atoms with E-state index in [9.17, 15) is 9.59 Å². The number of rotatable bonds is 5. The zero-order valence-corrected chi connectivity index (χ0v) is 18.6. The van der Waals surface area contributed by atoms with Crippen molar-refractivity contribution in [1.29, 1.82) is 0 Å². The Bertz CT molecular complexity index is 358. The van der Waals surface area contributed by atoms with Crippen molar-refractivity contribution in [2.24, 2.45) is 11.5 Å². The van der Waals surface area contributed by atoms with Crippen LogP contribution < -0.4 is 11.5 Å². The molecule has 9 nitrogen and oxygen atoms in total. The normalized spacial score (nSPS) is 10.8. The Hall–Kier alpha value is 0.527. The van der Waals surface area contributed by atoms with E-state index in [1.165, 1.54) is 0 Å². The number of ether oxygens (including phenoxy) is 1. The van der Waals surface area contributed by atoms with Crippen LogP contribution in [-0.2, 0) is 63.7 Å². The van der Waals surface area contributed by atoms with Gasteiger partial charge < -0.3 is 16.2 Å². The summed E-state index contributed by atoms with van der Waals surface area (Å²) in [5.74, 6) is -0.693. The molecule has 0 rings (SSSR count). The number of nitrogens with two attached hydrogens (primary N) is 2. The summed E-state index contributed by atoms with van der Waals surface area (Å²) in [6, 6.07) is -0.733. The van der Waals surface area contributed by atoms with E-state index in [1.807, 2.05) is 6.26 Å². The molecule has 0 amide bonds. The Kier molecular flexibility index (Phi) is 22.8. The molecule has 0 aromatic rings. The maximum atomic E-state index is 11.0. The van der Waals surface area contributed by atoms with Crippen molar-refractivity contribution in [3.63, 3.8) is 0 Å². The molecular formula is C7H16N2O7S2Zn2. The molecule has 0 unspecified atom stereocenters. The average Bonchev–Trinajstić information content (AvgIpc) is 2.23. The molecule has 0 saturated carbocycles. The molecule has 0 aliphatic rings. The fraction of sp³-hybridized carbons (Fsp3) is 0.714. The van der Waals surface area contributed by atoms with Gasteiger partial charge in [0.25, 0.3) is 0 Å². The largest absolute Gasteiger partial charge is 0.394 e. The van der Waals surface area contributed by atoms with Crippen molar-refractivity contribution in [2.75, 3.05) is 18.6 Å². The first-order valence-corrected chi connectivity index (χ1v) is 7.29. The van der Waals surface area contributed by atoms with Crippen LogP contribution in [0.25, 0.3) is 0 Å². The van der Waals surface area contributed by atoms with E-state index < -0.39 is 28.4 Å². The molecule has 0 heterocycles. The first-order chi connectivity index (χ1) is 8.11. The average molecular weight is 435 g/mol. The van der Waals surface area contributed by atoms with E-state index in [0.717, 1.165) is 5.75 Å². The Balaban J connectivity index is -0.000000158. The molecule has 1 atom stereocenters. The minimum atomic E-state index is -4.67. The van der Waals surface area contributed by atoms with Crippen LogP contribution in [0.3, 0.4) is 0 Å². The third-order valence-corrected chi connectivity index (χ3v) is 1.96. The van der Waals surface area contributed by atoms with Gasteiger partial charge in [-0.1, -0.05) is 0 Å². The van der Waals surface area contributed by atoms with Crippen LogP contribution in [0.2, 0.25) is 0 Å². The van der Waals surface area contributed by atoms with Gasteiger partial charge in [-0.05, 0) is 18.4 Å². The molecule has 0 radical (unpaired) electrons. The molecule has 112 valence electrons. The second-order valence-corrected chi connectivity index (χ2v) is 4.71. The van der Waals surface area contributed by atoms with E-state index in [-0.39, 0.29) is 45.5 Å². The van der Waals surface area contributed by atoms with Gasteiger partial charge in [0.2, 0.25) is 0 Å². The molecular weight excluding hydrogens is 419 g/mol. The fourth-order valence-corrected chi connectivity index (χ4v) is 1.08. The number of carbonyl (C=O) groups is 2. The van der Waals surface area contributed by atoms with Gasteiger partial charge in [0, 0.05) is 39.0 Å². The summed E-state index contributed by atoms with van der Waals surface area (Å²) < 4.78 is 35.9. The number of thioether (sulfide) groups is 1. The van der Waals surface area contributed by atoms with E-state index in [4.69, 9.17) is 29.0 Å². The number of esters is 2. The molecule has 0 aliphatic carbocycles. The molecule has 6 N–H and O–H groups in total. The van der Waals surface area contributed by atoms with Gasteiger partial charge in [0.1, 0.15) is 6.04 Å². The van der Waals surface area contributed by atoms with Gasteiger partial charge in [-0.3, -0.25) is 13.9 Å². The fourth-order valence-electron chi connectivity index (χ4n) is 0.592. The Morgan fingerprint density at radius 3 is 2.00 bits per heavy atom. The summed E-state index contributed by atoms with van der Waals surface area (Å²) in [6.07, 6.45) is 2.40. The minimum Gasteiger partial charge on any atom is -0.391 e. The van der Waals surface area contributed by atoms with Crippen molar-refractivity contribution in [3.8, 4) is 0 Å². The van der Waals surface area contributed by atoms with Crippen molar-refractivity contribution >= 4 is 34.1 Å². The first-order valence-electron chi connectivity index (χ1n) is 4.50. The Morgan fingerprint density at radius 2 is 1.70 bits per heavy atom. The standard InChI is InChI=1S/C7H14N2O3S.H2O4S.2Zn/c1-13-3-2-5(9)7(11)12-6(10)4-8;1-5(2,3)4;;/h5H,2-4,8-9H2,1H3;(H2,1,2,3,4);;/t5-;;;/m0.../s1. The molecule has 0 aliphatic heterocycles. The second kappa shape index (κ2) is 15.9. The molecule has 0 aromatic heterocycles. The summed E-state index contributed by atoms with van der Waals surface area (Å²) in [6.45, 7) is -0.305. The van der Waals surface area contributed by atoms with Gasteiger partial charge in [-0.2, -0.15) is 20.2 Å². The molecule has 0 bridgehead atoms. The number of hydrogen-bond donors (Lipinski definition) is 4. The summed E-state index contributed by atoms with van der Waals surface area (Å²) in [5, 5.41) is 0. The SMILES string of the molecule is CSCC[C@H](N)C(=O)OC(=O)CN.O=S(=O)(O)O.[Zn].[Zn]. The maximum absolute atomic E-state index is 11.0. The summed E-state index contributed by atoms with van der Waals surface area (Å²) in [4.78, 5) is 21.6. The van der Waals surface area contributed by atoms with Crippen molar-refractivity contribution in [3.05, 3.63) is 0 Å². The van der Waals surface area contributed by atoms with Crippen LogP contribution in [0, 0.1) is 0 Å². The molecule has 0 spiro atoms. The summed E-state index contributed by atoms with van der Waals surface area (Å²) in [5.41, 5.74) is 10.4. The first kappa shape index (κ1) is 28.7. The summed E-state index contributed by atoms with van der Waals surface area (Å²) in [7, 11) is -4.67. The van der Waals surface area contributed by atoms with E-state index in [1.54, 1.807) is 11.8 Å². The summed E-state index contributed by atoms with van der Waals surface area (Å²) >= 11 is 1.57. The predicted molar refractivity (Wildman–Crippen MR) is 65.3 cm³/mol. The van der Waals surface area contributed by atoms with Gasteiger partial charge >= 0.3 is 22.3 Å². The van der Waals surface area contributed by atoms with Crippen molar-refractivity contribution in [2.45, 2.75) is 12.5 Å². The Morgan fingerprint density at radius 1 is 1.30 bits per heavy atom. The molecule has 0 fully saturated rings. The van der Waals surface area contributed by atoms with Crippen LogP contribution in [0.1, 0.15) is 6.42 Å². The van der Waals surface area contributed by atoms with Crippen LogP contribution in [0.4, 0.5) is 0 Å². The minimum absolute atomic E-state index is 0. The molecule has 13 heteroatoms. The van der Waals surface area contributed by atoms with Gasteiger partial charge in [-0.15, -0.1) is 0 Å². The zero-order valence-electron chi connectivity index (χ0n) is 11.0. The number of carbonyl (C=O) groups excluding carboxylic acids is 2.